The van der Waals surface area contributed by atoms with Gasteiger partial charge in [-0.05, 0) is 13.3 Å². The zero-order chi connectivity index (χ0) is 7.56. The van der Waals surface area contributed by atoms with E-state index in [0.717, 1.165) is 17.1 Å². The summed E-state index contributed by atoms with van der Waals surface area (Å²) < 4.78 is 3.49. The fraction of sp³-hybridized carbons (Fsp3) is 1.00. The molecule has 0 bridgehead atoms. The van der Waals surface area contributed by atoms with Gasteiger partial charge in [0, 0.05) is 41.5 Å². The average Bonchev–Trinajstić information content (AvgIpc) is 2.34. The molecule has 0 aliphatic carbocycles. The highest BCUT2D eigenvalue weighted by atomic mass is 127. The predicted molar refractivity (Wildman–Crippen MR) is 60.6 cm³/mol. The minimum atomic E-state index is 0.713. The summed E-state index contributed by atoms with van der Waals surface area (Å²) in [5.74, 6) is 0. The molecule has 0 amide bonds. The smallest absolute Gasteiger partial charge is 0.0603 e. The number of hydrogen-bond acceptors (Lipinski definition) is 2. The number of halogens is 2. The first-order chi connectivity index (χ1) is 4.74. The van der Waals surface area contributed by atoms with Crippen LogP contribution in [0.15, 0.2) is 0 Å². The summed E-state index contributed by atoms with van der Waals surface area (Å²) >= 11 is 4.80. The minimum Gasteiger partial charge on any atom is -0.313 e. The molecule has 2 nitrogen and oxygen atoms in total. The second-order valence-electron chi connectivity index (χ2n) is 2.72. The van der Waals surface area contributed by atoms with Crippen molar-refractivity contribution in [3.63, 3.8) is 0 Å². The van der Waals surface area contributed by atoms with Gasteiger partial charge in [0.05, 0.1) is 4.55 Å². The number of hydrogen-bond donors (Lipinski definition) is 1. The second kappa shape index (κ2) is 4.42. The zero-order valence-corrected chi connectivity index (χ0v) is 10.3. The van der Waals surface area contributed by atoms with Gasteiger partial charge in [-0.3, -0.25) is 0 Å². The van der Waals surface area contributed by atoms with Crippen LogP contribution in [0.4, 0.5) is 0 Å². The Morgan fingerprint density at radius 2 is 2.40 bits per heavy atom. The Labute approximate surface area is 89.7 Å². The van der Waals surface area contributed by atoms with E-state index in [9.17, 15) is 0 Å². The van der Waals surface area contributed by atoms with Crippen molar-refractivity contribution in [3.8, 4) is 0 Å². The first-order valence-electron chi connectivity index (χ1n) is 3.46. The molecule has 1 saturated heterocycles. The average molecular weight is 366 g/mol. The molecule has 0 aromatic heterocycles. The van der Waals surface area contributed by atoms with E-state index in [-0.39, 0.29) is 0 Å². The van der Waals surface area contributed by atoms with Crippen LogP contribution >= 0.6 is 45.5 Å². The highest BCUT2D eigenvalue weighted by Crippen LogP contribution is 2.17. The summed E-state index contributed by atoms with van der Waals surface area (Å²) in [4.78, 5) is 0. The van der Waals surface area contributed by atoms with Gasteiger partial charge in [-0.25, -0.2) is 3.11 Å². The molecule has 1 heterocycles. The van der Waals surface area contributed by atoms with Crippen molar-refractivity contribution in [1.82, 2.24) is 8.43 Å². The molecule has 10 heavy (non-hydrogen) atoms. The summed E-state index contributed by atoms with van der Waals surface area (Å²) in [6.07, 6.45) is 1.30. The SMILES string of the molecule is C[C@@H]1C[C@@H](N(I)CI)CN1. The van der Waals surface area contributed by atoms with Crippen LogP contribution < -0.4 is 5.32 Å². The predicted octanol–water partition coefficient (Wildman–Crippen LogP) is 1.78. The molecule has 1 fully saturated rings. The number of rotatable bonds is 2. The Kier molecular flexibility index (Phi) is 4.18. The maximum Gasteiger partial charge on any atom is 0.0603 e. The van der Waals surface area contributed by atoms with E-state index in [1.54, 1.807) is 0 Å². The van der Waals surface area contributed by atoms with Gasteiger partial charge in [0.2, 0.25) is 0 Å². The Hall–Kier alpha value is 1.38. The van der Waals surface area contributed by atoms with Crippen LogP contribution in [0.25, 0.3) is 0 Å². The Balaban J connectivity index is 2.29. The van der Waals surface area contributed by atoms with Crippen molar-refractivity contribution in [1.29, 1.82) is 0 Å². The van der Waals surface area contributed by atoms with Gasteiger partial charge in [0.25, 0.3) is 0 Å². The van der Waals surface area contributed by atoms with Gasteiger partial charge in [0.15, 0.2) is 0 Å². The molecule has 1 rings (SSSR count). The lowest BCUT2D eigenvalue weighted by molar-refractivity contribution is 0.456. The van der Waals surface area contributed by atoms with Crippen LogP contribution in [0.3, 0.4) is 0 Å². The number of nitrogens with one attached hydrogen (secondary N) is 1. The van der Waals surface area contributed by atoms with Crippen LogP contribution in [-0.4, -0.2) is 26.3 Å². The normalized spacial score (nSPS) is 33.6. The van der Waals surface area contributed by atoms with Crippen LogP contribution in [0.5, 0.6) is 0 Å². The second-order valence-corrected chi connectivity index (χ2v) is 4.64. The molecule has 0 aromatic carbocycles. The monoisotopic (exact) mass is 366 g/mol. The fourth-order valence-corrected chi connectivity index (χ4v) is 2.20. The maximum atomic E-state index is 3.43. The minimum absolute atomic E-state index is 0.713. The van der Waals surface area contributed by atoms with E-state index in [2.05, 4.69) is 60.8 Å². The van der Waals surface area contributed by atoms with Gasteiger partial charge >= 0.3 is 0 Å². The van der Waals surface area contributed by atoms with Crippen molar-refractivity contribution in [2.75, 3.05) is 11.1 Å². The molecule has 60 valence electrons. The lowest BCUT2D eigenvalue weighted by atomic mass is 10.2. The van der Waals surface area contributed by atoms with E-state index in [1.807, 2.05) is 0 Å². The van der Waals surface area contributed by atoms with E-state index in [0.29, 0.717) is 6.04 Å². The summed E-state index contributed by atoms with van der Waals surface area (Å²) in [5.41, 5.74) is 0. The van der Waals surface area contributed by atoms with Gasteiger partial charge in [0.1, 0.15) is 0 Å². The highest BCUT2D eigenvalue weighted by Gasteiger charge is 2.23. The third-order valence-corrected chi connectivity index (χ3v) is 5.01. The first-order valence-corrected chi connectivity index (χ1v) is 5.95. The van der Waals surface area contributed by atoms with Crippen molar-refractivity contribution in [2.45, 2.75) is 25.4 Å². The Morgan fingerprint density at radius 1 is 1.70 bits per heavy atom. The van der Waals surface area contributed by atoms with E-state index in [1.165, 1.54) is 6.42 Å². The van der Waals surface area contributed by atoms with Crippen LogP contribution in [-0.2, 0) is 0 Å². The van der Waals surface area contributed by atoms with Gasteiger partial charge in [-0.15, -0.1) is 0 Å². The molecule has 1 aliphatic rings. The third-order valence-electron chi connectivity index (χ3n) is 1.84. The Bertz CT molecular complexity index is 110. The van der Waals surface area contributed by atoms with Crippen molar-refractivity contribution in [3.05, 3.63) is 0 Å². The molecule has 0 radical (unpaired) electrons. The summed E-state index contributed by atoms with van der Waals surface area (Å²) in [7, 11) is 0. The van der Waals surface area contributed by atoms with Crippen LogP contribution in [0.1, 0.15) is 13.3 Å². The molecule has 4 heteroatoms. The molecule has 0 unspecified atom stereocenters. The molecule has 0 spiro atoms. The topological polar surface area (TPSA) is 15.3 Å². The highest BCUT2D eigenvalue weighted by molar-refractivity contribution is 14.1. The van der Waals surface area contributed by atoms with Crippen molar-refractivity contribution in [2.24, 2.45) is 0 Å². The lowest BCUT2D eigenvalue weighted by Gasteiger charge is -2.17. The lowest BCUT2D eigenvalue weighted by Crippen LogP contribution is -2.27. The largest absolute Gasteiger partial charge is 0.313 e. The van der Waals surface area contributed by atoms with Gasteiger partial charge < -0.3 is 5.32 Å². The summed E-state index contributed by atoms with van der Waals surface area (Å²) in [6, 6.07) is 1.47. The number of alkyl halides is 1. The van der Waals surface area contributed by atoms with Crippen LogP contribution in [0.2, 0.25) is 0 Å². The van der Waals surface area contributed by atoms with Gasteiger partial charge in [-0.2, -0.15) is 0 Å². The molecule has 0 aromatic rings. The molecular formula is C6H12I2N2. The number of nitrogens with zero attached hydrogens (tertiary/aromatic N) is 1. The molecular weight excluding hydrogens is 354 g/mol. The summed E-state index contributed by atoms with van der Waals surface area (Å²) in [6.45, 7) is 3.41. The third kappa shape index (κ3) is 2.46. The van der Waals surface area contributed by atoms with E-state index in [4.69, 9.17) is 0 Å². The zero-order valence-electron chi connectivity index (χ0n) is 5.98. The first kappa shape index (κ1) is 9.47. The van der Waals surface area contributed by atoms with Crippen molar-refractivity contribution >= 4 is 45.5 Å². The summed E-state index contributed by atoms with van der Waals surface area (Å²) in [5, 5.41) is 3.43. The van der Waals surface area contributed by atoms with Crippen LogP contribution in [0, 0.1) is 0 Å². The quantitative estimate of drug-likeness (QED) is 0.347. The maximum absolute atomic E-state index is 3.43. The van der Waals surface area contributed by atoms with E-state index < -0.39 is 0 Å². The van der Waals surface area contributed by atoms with Gasteiger partial charge in [-0.1, -0.05) is 22.6 Å². The fourth-order valence-electron chi connectivity index (χ4n) is 1.22. The Morgan fingerprint density at radius 3 is 2.80 bits per heavy atom. The van der Waals surface area contributed by atoms with Crippen molar-refractivity contribution < 1.29 is 0 Å². The van der Waals surface area contributed by atoms with E-state index >= 15 is 0 Å². The molecule has 1 aliphatic heterocycles. The molecule has 0 saturated carbocycles. The molecule has 1 N–H and O–H groups in total. The standard InChI is InChI=1S/C6H12I2N2/c1-5-2-6(3-9-5)10(8)4-7/h5-6,9H,2-4H2,1H3/t5-,6-/m1/s1. The molecule has 2 atom stereocenters.